The van der Waals surface area contributed by atoms with E-state index in [4.69, 9.17) is 16.3 Å². The molecule has 108 valence electrons. The molecule has 1 aromatic heterocycles. The first-order valence-electron chi connectivity index (χ1n) is 6.09. The van der Waals surface area contributed by atoms with Crippen LogP contribution < -0.4 is 0 Å². The predicted molar refractivity (Wildman–Crippen MR) is 82.5 cm³/mol. The number of ether oxygens (including phenoxy) is 1. The Morgan fingerprint density at radius 1 is 1.40 bits per heavy atom. The maximum Gasteiger partial charge on any atom is 0.174 e. The van der Waals surface area contributed by atoms with E-state index in [0.29, 0.717) is 10.8 Å². The summed E-state index contributed by atoms with van der Waals surface area (Å²) in [6, 6.07) is 7.52. The zero-order valence-electron chi connectivity index (χ0n) is 10.9. The highest BCUT2D eigenvalue weighted by atomic mass is 35.5. The number of thioether (sulfide) groups is 1. The van der Waals surface area contributed by atoms with Gasteiger partial charge in [0, 0.05) is 10.8 Å². The van der Waals surface area contributed by atoms with Crippen molar-refractivity contribution in [2.75, 3.05) is 12.4 Å². The smallest absolute Gasteiger partial charge is 0.174 e. The molecule has 0 spiro atoms. The highest BCUT2D eigenvalue weighted by molar-refractivity contribution is 8.01. The number of halogens is 1. The third-order valence-electron chi connectivity index (χ3n) is 2.62. The Morgan fingerprint density at radius 2 is 2.15 bits per heavy atom. The van der Waals surface area contributed by atoms with Crippen molar-refractivity contribution in [3.8, 4) is 0 Å². The van der Waals surface area contributed by atoms with Crippen LogP contribution in [0.25, 0.3) is 0 Å². The van der Waals surface area contributed by atoms with Gasteiger partial charge in [-0.1, -0.05) is 46.8 Å². The second-order valence-electron chi connectivity index (χ2n) is 4.20. The van der Waals surface area contributed by atoms with Crippen LogP contribution in [0.5, 0.6) is 0 Å². The first kappa shape index (κ1) is 15.7. The average Bonchev–Trinajstić information content (AvgIpc) is 2.96. The third-order valence-corrected chi connectivity index (χ3v) is 4.87. The lowest BCUT2D eigenvalue weighted by Crippen LogP contribution is -2.19. The highest BCUT2D eigenvalue weighted by Crippen LogP contribution is 2.22. The van der Waals surface area contributed by atoms with Crippen LogP contribution in [0.1, 0.15) is 18.6 Å². The monoisotopic (exact) mass is 330 g/mol. The SMILES string of the molecule is CC(OCC(O)CSc1nncs1)c1ccc(Cl)cc1. The van der Waals surface area contributed by atoms with E-state index in [1.165, 1.54) is 23.1 Å². The molecule has 4 nitrogen and oxygen atoms in total. The number of hydrogen-bond donors (Lipinski definition) is 1. The van der Waals surface area contributed by atoms with Crippen LogP contribution >= 0.6 is 34.7 Å². The van der Waals surface area contributed by atoms with Crippen LogP contribution in [-0.4, -0.2) is 33.8 Å². The van der Waals surface area contributed by atoms with Crippen LogP contribution in [0.3, 0.4) is 0 Å². The highest BCUT2D eigenvalue weighted by Gasteiger charge is 2.11. The topological polar surface area (TPSA) is 55.2 Å². The quantitative estimate of drug-likeness (QED) is 0.788. The van der Waals surface area contributed by atoms with Crippen LogP contribution in [0, 0.1) is 0 Å². The van der Waals surface area contributed by atoms with Crippen molar-refractivity contribution < 1.29 is 9.84 Å². The van der Waals surface area contributed by atoms with Gasteiger partial charge in [0.2, 0.25) is 0 Å². The summed E-state index contributed by atoms with van der Waals surface area (Å²) in [4.78, 5) is 0. The Labute approximate surface area is 131 Å². The zero-order valence-corrected chi connectivity index (χ0v) is 13.3. The maximum atomic E-state index is 9.88. The van der Waals surface area contributed by atoms with Gasteiger partial charge in [-0.2, -0.15) is 0 Å². The summed E-state index contributed by atoms with van der Waals surface area (Å²) in [6.07, 6.45) is -0.605. The van der Waals surface area contributed by atoms with Crippen molar-refractivity contribution in [2.45, 2.75) is 23.5 Å². The van der Waals surface area contributed by atoms with Crippen molar-refractivity contribution >= 4 is 34.7 Å². The fraction of sp³-hybridized carbons (Fsp3) is 0.385. The van der Waals surface area contributed by atoms with Crippen LogP contribution in [0.15, 0.2) is 34.1 Å². The maximum absolute atomic E-state index is 9.88. The molecule has 1 aromatic carbocycles. The lowest BCUT2D eigenvalue weighted by Gasteiger charge is -2.16. The van der Waals surface area contributed by atoms with E-state index in [-0.39, 0.29) is 12.7 Å². The molecule has 0 aliphatic heterocycles. The predicted octanol–water partition coefficient (Wildman–Crippen LogP) is 3.42. The molecule has 0 radical (unpaired) electrons. The van der Waals surface area contributed by atoms with Gasteiger partial charge in [-0.25, -0.2) is 0 Å². The molecule has 2 rings (SSSR count). The lowest BCUT2D eigenvalue weighted by atomic mass is 10.1. The number of nitrogens with zero attached hydrogens (tertiary/aromatic N) is 2. The van der Waals surface area contributed by atoms with Crippen LogP contribution in [0.4, 0.5) is 0 Å². The van der Waals surface area contributed by atoms with Gasteiger partial charge in [0.25, 0.3) is 0 Å². The number of aliphatic hydroxyl groups excluding tert-OH is 1. The second-order valence-corrected chi connectivity index (χ2v) is 6.73. The molecule has 1 heterocycles. The molecular formula is C13H15ClN2O2S2. The first-order chi connectivity index (χ1) is 9.65. The van der Waals surface area contributed by atoms with Crippen molar-refractivity contribution in [1.82, 2.24) is 10.2 Å². The van der Waals surface area contributed by atoms with Gasteiger partial charge in [-0.15, -0.1) is 10.2 Å². The Kier molecular flexibility index (Phi) is 6.25. The Bertz CT molecular complexity index is 508. The Hall–Kier alpha value is -0.660. The molecule has 2 unspecified atom stereocenters. The molecule has 0 amide bonds. The van der Waals surface area contributed by atoms with Gasteiger partial charge in [0.1, 0.15) is 5.51 Å². The zero-order chi connectivity index (χ0) is 14.4. The number of benzene rings is 1. The Balaban J connectivity index is 1.72. The van der Waals surface area contributed by atoms with E-state index < -0.39 is 6.10 Å². The number of aromatic nitrogens is 2. The van der Waals surface area contributed by atoms with Gasteiger partial charge in [-0.3, -0.25) is 0 Å². The molecule has 0 saturated heterocycles. The minimum absolute atomic E-state index is 0.0755. The van der Waals surface area contributed by atoms with E-state index in [2.05, 4.69) is 10.2 Å². The van der Waals surface area contributed by atoms with E-state index in [9.17, 15) is 5.11 Å². The van der Waals surface area contributed by atoms with Gasteiger partial charge in [0.05, 0.1) is 18.8 Å². The van der Waals surface area contributed by atoms with E-state index >= 15 is 0 Å². The number of hydrogen-bond acceptors (Lipinski definition) is 6. The van der Waals surface area contributed by atoms with Gasteiger partial charge in [0.15, 0.2) is 4.34 Å². The molecule has 0 saturated carbocycles. The van der Waals surface area contributed by atoms with Crippen LogP contribution in [-0.2, 0) is 4.74 Å². The normalized spacial score (nSPS) is 14.2. The Morgan fingerprint density at radius 3 is 2.80 bits per heavy atom. The molecule has 2 aromatic rings. The summed E-state index contributed by atoms with van der Waals surface area (Å²) in [5.74, 6) is 0.544. The summed E-state index contributed by atoms with van der Waals surface area (Å²) in [5, 5.41) is 18.2. The first-order valence-corrected chi connectivity index (χ1v) is 8.33. The van der Waals surface area contributed by atoms with E-state index in [0.717, 1.165) is 9.90 Å². The summed E-state index contributed by atoms with van der Waals surface area (Å²) >= 11 is 8.79. The lowest BCUT2D eigenvalue weighted by molar-refractivity contribution is 0.00623. The van der Waals surface area contributed by atoms with E-state index in [1.54, 1.807) is 5.51 Å². The minimum Gasteiger partial charge on any atom is -0.390 e. The van der Waals surface area contributed by atoms with Gasteiger partial charge >= 0.3 is 0 Å². The second kappa shape index (κ2) is 7.95. The standard InChI is InChI=1S/C13H15ClN2O2S2/c1-9(10-2-4-11(14)5-3-10)18-6-12(17)7-19-13-16-15-8-20-13/h2-5,8-9,12,17H,6-7H2,1H3. The molecular weight excluding hydrogens is 316 g/mol. The third kappa shape index (κ3) is 5.03. The fourth-order valence-corrected chi connectivity index (χ4v) is 3.07. The molecule has 7 heteroatoms. The molecule has 0 fully saturated rings. The minimum atomic E-state index is -0.529. The summed E-state index contributed by atoms with van der Waals surface area (Å²) in [5.41, 5.74) is 2.71. The largest absolute Gasteiger partial charge is 0.390 e. The molecule has 0 bridgehead atoms. The molecule has 2 atom stereocenters. The average molecular weight is 331 g/mol. The molecule has 20 heavy (non-hydrogen) atoms. The summed E-state index contributed by atoms with van der Waals surface area (Å²) < 4.78 is 6.52. The number of aliphatic hydroxyl groups is 1. The fourth-order valence-electron chi connectivity index (χ4n) is 1.53. The molecule has 0 aliphatic rings. The van der Waals surface area contributed by atoms with Crippen molar-refractivity contribution in [3.05, 3.63) is 40.4 Å². The van der Waals surface area contributed by atoms with Crippen molar-refractivity contribution in [2.24, 2.45) is 0 Å². The van der Waals surface area contributed by atoms with E-state index in [1.807, 2.05) is 31.2 Å². The molecule has 0 aliphatic carbocycles. The van der Waals surface area contributed by atoms with Crippen molar-refractivity contribution in [3.63, 3.8) is 0 Å². The number of rotatable bonds is 7. The van der Waals surface area contributed by atoms with Crippen LogP contribution in [0.2, 0.25) is 5.02 Å². The molecule has 1 N–H and O–H groups in total. The summed E-state index contributed by atoms with van der Waals surface area (Å²) in [6.45, 7) is 2.24. The van der Waals surface area contributed by atoms with Gasteiger partial charge < -0.3 is 9.84 Å². The van der Waals surface area contributed by atoms with Gasteiger partial charge in [-0.05, 0) is 24.6 Å². The van der Waals surface area contributed by atoms with Crippen molar-refractivity contribution in [1.29, 1.82) is 0 Å². The summed E-state index contributed by atoms with van der Waals surface area (Å²) in [7, 11) is 0.